The second-order valence-corrected chi connectivity index (χ2v) is 10.5. The van der Waals surface area contributed by atoms with E-state index in [1.165, 1.54) is 9.80 Å². The van der Waals surface area contributed by atoms with Crippen molar-refractivity contribution in [3.05, 3.63) is 0 Å². The maximum atomic E-state index is 11.3. The van der Waals surface area contributed by atoms with Gasteiger partial charge in [0.1, 0.15) is 0 Å². The molecule has 12 nitrogen and oxygen atoms in total. The molecule has 228 valence electrons. The summed E-state index contributed by atoms with van der Waals surface area (Å²) in [5.41, 5.74) is -10.6. The van der Waals surface area contributed by atoms with E-state index in [2.05, 4.69) is 8.37 Å². The van der Waals surface area contributed by atoms with Gasteiger partial charge in [0.25, 0.3) is 0 Å². The molecule has 0 N–H and O–H groups in total. The zero-order chi connectivity index (χ0) is 31.0. The monoisotopic (exact) mass is 604 g/mol. The Bertz CT molecular complexity index is 801. The van der Waals surface area contributed by atoms with Crippen LogP contribution in [0.4, 0.5) is 31.1 Å². The Morgan fingerprint density at radius 2 is 1.03 bits per heavy atom. The SMILES string of the molecule is CCOC(N(C)C)N(C)C.CCOS(=O)(=O)C(F)(F)F.CN(C)C(=O)N(C)C.COS(=O)(=O)C(F)(F)F. The topological polar surface area (TPSA) is 126 Å². The van der Waals surface area contributed by atoms with Gasteiger partial charge in [0, 0.05) is 34.8 Å². The molecule has 0 bridgehead atoms. The van der Waals surface area contributed by atoms with Crippen LogP contribution in [-0.4, -0.2) is 137 Å². The first-order valence-corrected chi connectivity index (χ1v) is 12.7. The minimum absolute atomic E-state index is 0.0185. The molecule has 2 amide bonds. The van der Waals surface area contributed by atoms with Crippen molar-refractivity contribution in [2.75, 3.05) is 76.7 Å². The Morgan fingerprint density at radius 1 is 0.703 bits per heavy atom. The third-order valence-electron chi connectivity index (χ3n) is 3.02. The quantitative estimate of drug-likeness (QED) is 0.184. The number of hydrogen-bond acceptors (Lipinski definition) is 10. The van der Waals surface area contributed by atoms with Gasteiger partial charge >= 0.3 is 37.3 Å². The molecule has 0 radical (unpaired) electrons. The van der Waals surface area contributed by atoms with Crippen molar-refractivity contribution in [1.82, 2.24) is 19.6 Å². The predicted octanol–water partition coefficient (Wildman–Crippen LogP) is 2.01. The zero-order valence-electron chi connectivity index (χ0n) is 22.6. The molecule has 0 spiro atoms. The van der Waals surface area contributed by atoms with E-state index < -0.39 is 37.9 Å². The van der Waals surface area contributed by atoms with E-state index in [1.807, 2.05) is 44.9 Å². The Balaban J connectivity index is -0.000000197. The molecule has 0 saturated carbocycles. The predicted molar refractivity (Wildman–Crippen MR) is 124 cm³/mol. The van der Waals surface area contributed by atoms with Gasteiger partial charge < -0.3 is 14.5 Å². The van der Waals surface area contributed by atoms with E-state index in [9.17, 15) is 48.0 Å². The third-order valence-corrected chi connectivity index (χ3v) is 5.14. The summed E-state index contributed by atoms with van der Waals surface area (Å²) >= 11 is 0. The fourth-order valence-electron chi connectivity index (χ4n) is 1.63. The van der Waals surface area contributed by atoms with Crippen LogP contribution in [0, 0.1) is 0 Å². The van der Waals surface area contributed by atoms with Crippen molar-refractivity contribution in [2.24, 2.45) is 0 Å². The number of carbonyl (C=O) groups excluding carboxylic acids is 1. The van der Waals surface area contributed by atoms with Crippen LogP contribution in [0.3, 0.4) is 0 Å². The molecule has 0 atom stereocenters. The highest BCUT2D eigenvalue weighted by atomic mass is 32.2. The number of amides is 2. The van der Waals surface area contributed by atoms with Gasteiger partial charge in [-0.15, -0.1) is 0 Å². The highest BCUT2D eigenvalue weighted by Gasteiger charge is 2.47. The normalized spacial score (nSPS) is 12.1. The first-order valence-electron chi connectivity index (χ1n) is 9.92. The lowest BCUT2D eigenvalue weighted by molar-refractivity contribution is -0.114. The summed E-state index contributed by atoms with van der Waals surface area (Å²) < 4.78 is 118. The average molecular weight is 605 g/mol. The van der Waals surface area contributed by atoms with Crippen LogP contribution in [0.15, 0.2) is 0 Å². The number of alkyl halides is 6. The summed E-state index contributed by atoms with van der Waals surface area (Å²) in [6.07, 6.45) is 0.102. The summed E-state index contributed by atoms with van der Waals surface area (Å²) in [6.45, 7) is 3.40. The highest BCUT2D eigenvalue weighted by molar-refractivity contribution is 7.87. The first kappa shape index (κ1) is 42.6. The van der Waals surface area contributed by atoms with Crippen molar-refractivity contribution >= 4 is 26.3 Å². The number of nitrogens with zero attached hydrogens (tertiary/aromatic N) is 4. The van der Waals surface area contributed by atoms with Crippen LogP contribution in [0.2, 0.25) is 0 Å². The Kier molecular flexibility index (Phi) is 21.6. The highest BCUT2D eigenvalue weighted by Crippen LogP contribution is 2.24. The molecule has 0 fully saturated rings. The average Bonchev–Trinajstić information content (AvgIpc) is 2.70. The minimum atomic E-state index is -5.35. The lowest BCUT2D eigenvalue weighted by Gasteiger charge is -2.29. The van der Waals surface area contributed by atoms with Crippen molar-refractivity contribution in [2.45, 2.75) is 31.2 Å². The molecule has 0 aliphatic carbocycles. The Morgan fingerprint density at radius 3 is 1.08 bits per heavy atom. The fraction of sp³-hybridized carbons (Fsp3) is 0.941. The van der Waals surface area contributed by atoms with E-state index in [1.54, 1.807) is 28.2 Å². The van der Waals surface area contributed by atoms with E-state index in [4.69, 9.17) is 4.74 Å². The number of ether oxygens (including phenoxy) is 1. The Labute approximate surface area is 215 Å². The number of halogens is 6. The molecule has 0 aliphatic heterocycles. The number of urea groups is 1. The van der Waals surface area contributed by atoms with E-state index in [-0.39, 0.29) is 12.4 Å². The zero-order valence-corrected chi connectivity index (χ0v) is 24.3. The maximum absolute atomic E-state index is 11.3. The largest absolute Gasteiger partial charge is 0.523 e. The van der Waals surface area contributed by atoms with Gasteiger partial charge in [0.15, 0.2) is 6.35 Å². The van der Waals surface area contributed by atoms with Gasteiger partial charge in [0.2, 0.25) is 0 Å². The summed E-state index contributed by atoms with van der Waals surface area (Å²) in [6, 6.07) is 0.0185. The van der Waals surface area contributed by atoms with E-state index in [0.29, 0.717) is 7.11 Å². The van der Waals surface area contributed by atoms with Crippen molar-refractivity contribution in [3.63, 3.8) is 0 Å². The lowest BCUT2D eigenvalue weighted by atomic mass is 10.7. The van der Waals surface area contributed by atoms with Gasteiger partial charge in [-0.1, -0.05) is 0 Å². The summed E-state index contributed by atoms with van der Waals surface area (Å²) in [5.74, 6) is 0. The molecule has 0 rings (SSSR count). The van der Waals surface area contributed by atoms with Crippen LogP contribution in [0.1, 0.15) is 13.8 Å². The maximum Gasteiger partial charge on any atom is 0.523 e. The van der Waals surface area contributed by atoms with Crippen molar-refractivity contribution < 1.29 is 61.1 Å². The lowest BCUT2D eigenvalue weighted by Crippen LogP contribution is -2.42. The number of hydrogen-bond donors (Lipinski definition) is 0. The molecule has 0 aromatic carbocycles. The van der Waals surface area contributed by atoms with Crippen molar-refractivity contribution in [1.29, 1.82) is 0 Å². The van der Waals surface area contributed by atoms with Gasteiger partial charge in [0.05, 0.1) is 13.7 Å². The second kappa shape index (κ2) is 18.7. The number of rotatable bonds is 7. The smallest absolute Gasteiger partial charge is 0.350 e. The summed E-state index contributed by atoms with van der Waals surface area (Å²) in [4.78, 5) is 17.8. The minimum Gasteiger partial charge on any atom is -0.350 e. The molecular formula is C17H38F6N4O8S2. The van der Waals surface area contributed by atoms with Crippen LogP contribution in [0.25, 0.3) is 0 Å². The molecule has 0 heterocycles. The second-order valence-electron chi connectivity index (χ2n) is 7.15. The van der Waals surface area contributed by atoms with Gasteiger partial charge in [-0.25, -0.2) is 4.79 Å². The first-order chi connectivity index (χ1) is 16.3. The van der Waals surface area contributed by atoms with Crippen LogP contribution in [0.5, 0.6) is 0 Å². The molecule has 20 heteroatoms. The molecule has 0 aromatic heterocycles. The molecule has 37 heavy (non-hydrogen) atoms. The summed E-state index contributed by atoms with van der Waals surface area (Å²) in [7, 11) is 4.66. The van der Waals surface area contributed by atoms with Gasteiger partial charge in [-0.3, -0.25) is 18.2 Å². The van der Waals surface area contributed by atoms with Crippen LogP contribution in [-0.2, 0) is 33.3 Å². The molecule has 0 saturated heterocycles. The Hall–Kier alpha value is -1.45. The van der Waals surface area contributed by atoms with E-state index in [0.717, 1.165) is 13.5 Å². The molecule has 0 aliphatic rings. The summed E-state index contributed by atoms with van der Waals surface area (Å²) in [5, 5.41) is 0. The molecule has 0 unspecified atom stereocenters. The molecule has 0 aromatic rings. The third kappa shape index (κ3) is 20.2. The standard InChI is InChI=1S/C7H18N2O.C5H12N2O.C3H5F3O3S.C2H3F3O3S/c1-6-10-7(8(2)3)9(4)5;1-6(2)5(8)7(3)4;1-2-9-10(7,8)3(4,5)6;1-8-9(6,7)2(3,4)5/h7H,6H2,1-5H3;1-4H3;2H2,1H3;1H3. The van der Waals surface area contributed by atoms with Gasteiger partial charge in [-0.05, 0) is 42.0 Å². The van der Waals surface area contributed by atoms with Crippen LogP contribution < -0.4 is 0 Å². The van der Waals surface area contributed by atoms with Crippen molar-refractivity contribution in [3.8, 4) is 0 Å². The van der Waals surface area contributed by atoms with Gasteiger partial charge in [-0.2, -0.15) is 43.2 Å². The van der Waals surface area contributed by atoms with Crippen LogP contribution >= 0.6 is 0 Å². The number of carbonyl (C=O) groups is 1. The fourth-order valence-corrected chi connectivity index (χ4v) is 2.26. The van der Waals surface area contributed by atoms with E-state index >= 15 is 0 Å². The molecular weight excluding hydrogens is 566 g/mol.